The number of nitrogens with one attached hydrogen (secondary N) is 2. The molecule has 0 spiro atoms. The first-order chi connectivity index (χ1) is 24.6. The molecule has 9 nitrogen and oxygen atoms in total. The van der Waals surface area contributed by atoms with Crippen molar-refractivity contribution in [2.75, 3.05) is 26.7 Å². The molecule has 0 bridgehead atoms. The zero-order chi connectivity index (χ0) is 38.7. The Kier molecular flexibility index (Phi) is 16.9. The van der Waals surface area contributed by atoms with E-state index in [1.165, 1.54) is 12.3 Å². The molecular weight excluding hydrogens is 705 g/mol. The maximum absolute atomic E-state index is 14.7. The smallest absolute Gasteiger partial charge is 0.363 e. The molecule has 1 saturated heterocycles. The van der Waals surface area contributed by atoms with Crippen LogP contribution in [0.15, 0.2) is 5.38 Å². The van der Waals surface area contributed by atoms with Crippen molar-refractivity contribution in [2.45, 2.75) is 123 Å². The van der Waals surface area contributed by atoms with Crippen LogP contribution in [0.2, 0.25) is 0 Å². The lowest BCUT2D eigenvalue weighted by Gasteiger charge is -2.40. The third-order valence-corrected chi connectivity index (χ3v) is 10.9. The summed E-state index contributed by atoms with van der Waals surface area (Å²) in [5.74, 6) is -15.1. The van der Waals surface area contributed by atoms with Crippen molar-refractivity contribution in [3.63, 3.8) is 0 Å². The number of likely N-dealkylation sites (tertiary alicyclic amines) is 1. The number of piperidine rings is 1. The molecule has 0 saturated carbocycles. The Morgan fingerprint density at radius 3 is 2.23 bits per heavy atom. The topological polar surface area (TPSA) is 104 Å². The minimum absolute atomic E-state index is 0.0178. The third kappa shape index (κ3) is 11.2. The first-order valence-corrected chi connectivity index (χ1v) is 19.2. The van der Waals surface area contributed by atoms with E-state index < -0.39 is 64.5 Å². The Balaban J connectivity index is 1.93. The Bertz CT molecular complexity index is 1480. The highest BCUT2D eigenvalue weighted by molar-refractivity contribution is 7.09. The zero-order valence-electron chi connectivity index (χ0n) is 31.3. The second-order valence-electron chi connectivity index (χ2n) is 14.2. The maximum Gasteiger partial charge on any atom is 0.363 e. The number of ether oxygens (including phenoxy) is 1. The fourth-order valence-corrected chi connectivity index (χ4v) is 7.44. The Hall–Kier alpha value is -3.17. The van der Waals surface area contributed by atoms with Gasteiger partial charge in [-0.15, -0.1) is 11.3 Å². The molecule has 2 N–H and O–H groups in total. The predicted molar refractivity (Wildman–Crippen MR) is 190 cm³/mol. The molecule has 2 amide bonds. The van der Waals surface area contributed by atoms with Crippen LogP contribution >= 0.6 is 11.3 Å². The molecule has 292 valence electrons. The summed E-state index contributed by atoms with van der Waals surface area (Å²) in [6.45, 7) is 13.8. The number of hydrogen-bond acceptors (Lipinski definition) is 8. The first kappa shape index (κ1) is 43.2. The molecule has 15 heteroatoms. The van der Waals surface area contributed by atoms with Gasteiger partial charge in [0.05, 0.1) is 12.1 Å². The molecule has 0 radical (unpaired) electrons. The van der Waals surface area contributed by atoms with Gasteiger partial charge in [-0.2, -0.15) is 8.78 Å². The molecule has 5 atom stereocenters. The van der Waals surface area contributed by atoms with Gasteiger partial charge in [-0.3, -0.25) is 9.59 Å². The highest BCUT2D eigenvalue weighted by Gasteiger charge is 2.37. The lowest BCUT2D eigenvalue weighted by atomic mass is 9.91. The van der Waals surface area contributed by atoms with Crippen molar-refractivity contribution < 1.29 is 41.1 Å². The molecule has 3 rings (SSSR count). The normalized spacial score (nSPS) is 17.4. The van der Waals surface area contributed by atoms with Gasteiger partial charge >= 0.3 is 5.97 Å². The average Bonchev–Trinajstić information content (AvgIpc) is 3.61. The first-order valence-electron chi connectivity index (χ1n) is 18.3. The van der Waals surface area contributed by atoms with E-state index in [9.17, 15) is 36.3 Å². The molecule has 1 aromatic carbocycles. The second-order valence-corrected chi connectivity index (χ2v) is 15.0. The molecule has 1 aromatic heterocycles. The van der Waals surface area contributed by atoms with Crippen molar-refractivity contribution in [3.05, 3.63) is 45.2 Å². The Labute approximate surface area is 308 Å². The van der Waals surface area contributed by atoms with E-state index in [1.807, 2.05) is 18.7 Å². The minimum atomic E-state index is -2.38. The van der Waals surface area contributed by atoms with Gasteiger partial charge in [0.2, 0.25) is 46.6 Å². The minimum Gasteiger partial charge on any atom is -0.415 e. The van der Waals surface area contributed by atoms with E-state index >= 15 is 0 Å². The van der Waals surface area contributed by atoms with Gasteiger partial charge in [0, 0.05) is 37.5 Å². The highest BCUT2D eigenvalue weighted by Crippen LogP contribution is 2.32. The Morgan fingerprint density at radius 2 is 1.65 bits per heavy atom. The van der Waals surface area contributed by atoms with Gasteiger partial charge in [-0.25, -0.2) is 22.9 Å². The number of likely N-dealkylation sites (N-methyl/N-ethyl adjacent to an activating group) is 1. The van der Waals surface area contributed by atoms with E-state index in [0.717, 1.165) is 69.2 Å². The number of carbonyl (C=O) groups is 3. The van der Waals surface area contributed by atoms with E-state index in [1.54, 1.807) is 0 Å². The number of halogens is 5. The van der Waals surface area contributed by atoms with Gasteiger partial charge in [0.1, 0.15) is 5.01 Å². The van der Waals surface area contributed by atoms with E-state index in [2.05, 4.69) is 53.1 Å². The molecule has 2 aromatic rings. The fraction of sp³-hybridized carbons (Fsp3) is 0.676. The monoisotopic (exact) mass is 759 g/mol. The summed E-state index contributed by atoms with van der Waals surface area (Å²) in [7, 11) is 2.12. The van der Waals surface area contributed by atoms with Gasteiger partial charge in [0.15, 0.2) is 5.69 Å². The van der Waals surface area contributed by atoms with Crippen molar-refractivity contribution in [1.29, 1.82) is 0 Å². The number of thiazole rings is 1. The Morgan fingerprint density at radius 1 is 1.00 bits per heavy atom. The highest BCUT2D eigenvalue weighted by atomic mass is 32.1. The average molecular weight is 760 g/mol. The molecule has 1 aliphatic heterocycles. The summed E-state index contributed by atoms with van der Waals surface area (Å²) in [5.41, 5.74) is -0.457. The van der Waals surface area contributed by atoms with Gasteiger partial charge in [-0.05, 0) is 51.1 Å². The summed E-state index contributed by atoms with van der Waals surface area (Å²) in [6, 6.07) is -1.27. The fourth-order valence-electron chi connectivity index (χ4n) is 6.59. The largest absolute Gasteiger partial charge is 0.415 e. The predicted octanol–water partition coefficient (Wildman–Crippen LogP) is 7.55. The van der Waals surface area contributed by atoms with Crippen LogP contribution in [0.25, 0.3) is 0 Å². The number of aromatic nitrogens is 1. The number of esters is 1. The van der Waals surface area contributed by atoms with Crippen molar-refractivity contribution in [3.8, 4) is 5.75 Å². The van der Waals surface area contributed by atoms with Crippen molar-refractivity contribution in [1.82, 2.24) is 25.4 Å². The number of benzene rings is 1. The SMILES string of the molecule is CCCCCCN(C(=O)[C@@H](NCC1CCCCN1C)[C@@H](C)CC)[C@H](C[C@@H](NC(C)=O)c1nc(C(=O)Oc2c(F)c(F)c(F)c(F)c2F)cs1)C(C)C. The third-order valence-electron chi connectivity index (χ3n) is 9.93. The van der Waals surface area contributed by atoms with Crippen LogP contribution < -0.4 is 15.4 Å². The molecular formula is C37H54F5N5O4S. The summed E-state index contributed by atoms with van der Waals surface area (Å²) in [4.78, 5) is 48.5. The summed E-state index contributed by atoms with van der Waals surface area (Å²) in [6.07, 6.45) is 8.16. The summed E-state index contributed by atoms with van der Waals surface area (Å²) in [5, 5.41) is 7.94. The molecule has 2 heterocycles. The summed E-state index contributed by atoms with van der Waals surface area (Å²) >= 11 is 0.950. The van der Waals surface area contributed by atoms with Crippen LogP contribution in [0.1, 0.15) is 121 Å². The quantitative estimate of drug-likeness (QED) is 0.0381. The van der Waals surface area contributed by atoms with Gasteiger partial charge in [-0.1, -0.05) is 66.7 Å². The van der Waals surface area contributed by atoms with E-state index in [4.69, 9.17) is 0 Å². The van der Waals surface area contributed by atoms with E-state index in [0.29, 0.717) is 19.1 Å². The zero-order valence-corrected chi connectivity index (χ0v) is 32.1. The molecule has 52 heavy (non-hydrogen) atoms. The molecule has 1 fully saturated rings. The van der Waals surface area contributed by atoms with Crippen LogP contribution in [0.3, 0.4) is 0 Å². The number of amides is 2. The maximum atomic E-state index is 14.7. The molecule has 1 unspecified atom stereocenters. The molecule has 0 aliphatic carbocycles. The van der Waals surface area contributed by atoms with Gasteiger partial charge < -0.3 is 25.2 Å². The van der Waals surface area contributed by atoms with Crippen LogP contribution in [-0.4, -0.2) is 77.4 Å². The number of hydrogen-bond donors (Lipinski definition) is 2. The summed E-state index contributed by atoms with van der Waals surface area (Å²) < 4.78 is 74.0. The van der Waals surface area contributed by atoms with Crippen molar-refractivity contribution >= 4 is 29.1 Å². The number of unbranched alkanes of at least 4 members (excludes halogenated alkanes) is 3. The molecule has 1 aliphatic rings. The van der Waals surface area contributed by atoms with Crippen LogP contribution in [0, 0.1) is 40.9 Å². The standard InChI is InChI=1S/C37H54F5N5O4S/c1-8-10-11-13-17-47(36(49)33(22(5)9-2)43-19-24-15-12-14-16-46(24)7)27(21(3)4)18-25(44-23(6)48)35-45-26(20-52-35)37(50)51-34-31(41)29(39)28(38)30(40)32(34)42/h20-22,24-25,27,33,43H,8-19H2,1-7H3,(H,44,48)/t22-,24?,25+,27+,33-/m0/s1. The van der Waals surface area contributed by atoms with E-state index in [-0.39, 0.29) is 35.2 Å². The number of carbonyl (C=O) groups excluding carboxylic acids is 3. The van der Waals surface area contributed by atoms with Crippen LogP contribution in [0.5, 0.6) is 5.75 Å². The number of rotatable bonds is 19. The van der Waals surface area contributed by atoms with Crippen LogP contribution in [0.4, 0.5) is 22.0 Å². The van der Waals surface area contributed by atoms with Crippen molar-refractivity contribution in [2.24, 2.45) is 11.8 Å². The number of nitrogens with zero attached hydrogens (tertiary/aromatic N) is 3. The lowest BCUT2D eigenvalue weighted by Crippen LogP contribution is -2.57. The lowest BCUT2D eigenvalue weighted by molar-refractivity contribution is -0.138. The second kappa shape index (κ2) is 20.3. The van der Waals surface area contributed by atoms with Gasteiger partial charge in [0.25, 0.3) is 0 Å². The van der Waals surface area contributed by atoms with Crippen LogP contribution in [-0.2, 0) is 9.59 Å².